The summed E-state index contributed by atoms with van der Waals surface area (Å²) in [6.07, 6.45) is 4.96. The van der Waals surface area contributed by atoms with Crippen LogP contribution < -0.4 is 4.74 Å². The number of thiophene rings is 1. The van der Waals surface area contributed by atoms with Gasteiger partial charge in [-0.25, -0.2) is 0 Å². The van der Waals surface area contributed by atoms with E-state index in [-0.39, 0.29) is 5.92 Å². The normalized spacial score (nSPS) is 18.1. The largest absolute Gasteiger partial charge is 0.508 e. The Hall–Kier alpha value is -2.82. The third-order valence-corrected chi connectivity index (χ3v) is 8.30. The third kappa shape index (κ3) is 4.03. The van der Waals surface area contributed by atoms with Crippen LogP contribution in [0.15, 0.2) is 66.7 Å². The zero-order valence-corrected chi connectivity index (χ0v) is 19.6. The van der Waals surface area contributed by atoms with Gasteiger partial charge < -0.3 is 9.84 Å². The predicted octanol–water partition coefficient (Wildman–Crippen LogP) is 6.56. The zero-order chi connectivity index (χ0) is 22.2. The predicted molar refractivity (Wildman–Crippen MR) is 136 cm³/mol. The topological polar surface area (TPSA) is 32.7 Å². The summed E-state index contributed by atoms with van der Waals surface area (Å²) < 4.78 is 7.25. The lowest BCUT2D eigenvalue weighted by Crippen LogP contribution is -2.33. The van der Waals surface area contributed by atoms with E-state index in [0.717, 1.165) is 30.0 Å². The van der Waals surface area contributed by atoms with Gasteiger partial charge in [-0.1, -0.05) is 42.8 Å². The summed E-state index contributed by atoms with van der Waals surface area (Å²) in [5.41, 5.74) is 5.47. The molecule has 0 saturated carbocycles. The van der Waals surface area contributed by atoms with Gasteiger partial charge in [0.2, 0.25) is 0 Å². The van der Waals surface area contributed by atoms with Crippen LogP contribution in [0.3, 0.4) is 0 Å². The van der Waals surface area contributed by atoms with Crippen molar-refractivity contribution >= 4 is 21.4 Å². The molecule has 0 amide bonds. The summed E-state index contributed by atoms with van der Waals surface area (Å²) in [5, 5.41) is 11.3. The van der Waals surface area contributed by atoms with E-state index >= 15 is 0 Å². The number of nitrogens with zero attached hydrogens (tertiary/aromatic N) is 1. The van der Waals surface area contributed by atoms with Gasteiger partial charge in [0.05, 0.1) is 0 Å². The van der Waals surface area contributed by atoms with Crippen molar-refractivity contribution in [1.29, 1.82) is 0 Å². The van der Waals surface area contributed by atoms with E-state index in [9.17, 15) is 5.11 Å². The van der Waals surface area contributed by atoms with Gasteiger partial charge in [0, 0.05) is 28.5 Å². The van der Waals surface area contributed by atoms with Crippen molar-refractivity contribution in [2.45, 2.75) is 31.6 Å². The van der Waals surface area contributed by atoms with Crippen LogP contribution in [0, 0.1) is 0 Å². The molecule has 2 aliphatic rings. The van der Waals surface area contributed by atoms with E-state index in [1.54, 1.807) is 0 Å². The van der Waals surface area contributed by atoms with Crippen LogP contribution in [0.1, 0.15) is 52.3 Å². The SMILES string of the molecule is Oc1ccc2c3c(sc2c1)Cc1ccccc1C3c1ccc(OCCN2CCCCC2)cc1. The molecule has 6 rings (SSSR count). The molecule has 3 aromatic carbocycles. The molecule has 1 aliphatic heterocycles. The van der Waals surface area contributed by atoms with Crippen LogP contribution in [-0.2, 0) is 6.42 Å². The number of phenols is 1. The van der Waals surface area contributed by atoms with Crippen molar-refractivity contribution in [2.24, 2.45) is 0 Å². The van der Waals surface area contributed by atoms with Crippen molar-refractivity contribution in [2.75, 3.05) is 26.2 Å². The van der Waals surface area contributed by atoms with Crippen molar-refractivity contribution in [1.82, 2.24) is 4.90 Å². The second-order valence-electron chi connectivity index (χ2n) is 9.25. The number of rotatable bonds is 5. The summed E-state index contributed by atoms with van der Waals surface area (Å²) >= 11 is 1.81. The summed E-state index contributed by atoms with van der Waals surface area (Å²) in [7, 11) is 0. The molecule has 1 saturated heterocycles. The Balaban J connectivity index is 1.30. The molecule has 3 nitrogen and oxygen atoms in total. The van der Waals surface area contributed by atoms with Crippen molar-refractivity contribution in [3.8, 4) is 11.5 Å². The molecule has 33 heavy (non-hydrogen) atoms. The van der Waals surface area contributed by atoms with E-state index in [2.05, 4.69) is 59.5 Å². The van der Waals surface area contributed by atoms with Crippen LogP contribution in [-0.4, -0.2) is 36.2 Å². The van der Waals surface area contributed by atoms with Crippen LogP contribution in [0.5, 0.6) is 11.5 Å². The highest BCUT2D eigenvalue weighted by Gasteiger charge is 2.30. The fraction of sp³-hybridized carbons (Fsp3) is 0.310. The highest BCUT2D eigenvalue weighted by molar-refractivity contribution is 7.19. The number of piperidine rings is 1. The van der Waals surface area contributed by atoms with Crippen LogP contribution >= 0.6 is 11.3 Å². The quantitative estimate of drug-likeness (QED) is 0.326. The first-order valence-electron chi connectivity index (χ1n) is 12.0. The average molecular weight is 456 g/mol. The lowest BCUT2D eigenvalue weighted by molar-refractivity contribution is 0.183. The molecule has 0 spiro atoms. The molecular formula is C29H29NO2S. The van der Waals surface area contributed by atoms with Gasteiger partial charge in [-0.15, -0.1) is 11.3 Å². The van der Waals surface area contributed by atoms with Gasteiger partial charge in [0.15, 0.2) is 0 Å². The number of ether oxygens (including phenoxy) is 1. The number of benzene rings is 3. The summed E-state index contributed by atoms with van der Waals surface area (Å²) in [5.74, 6) is 1.48. The number of likely N-dealkylation sites (tertiary alicyclic amines) is 1. The van der Waals surface area contributed by atoms with Gasteiger partial charge in [-0.05, 0) is 83.9 Å². The molecule has 4 aromatic rings. The van der Waals surface area contributed by atoms with Gasteiger partial charge in [-0.3, -0.25) is 4.90 Å². The summed E-state index contributed by atoms with van der Waals surface area (Å²) in [6.45, 7) is 4.17. The first-order valence-corrected chi connectivity index (χ1v) is 12.8. The molecule has 2 heterocycles. The Morgan fingerprint density at radius 2 is 1.76 bits per heavy atom. The van der Waals surface area contributed by atoms with Crippen LogP contribution in [0.25, 0.3) is 10.1 Å². The maximum absolute atomic E-state index is 10.0. The second kappa shape index (κ2) is 8.85. The maximum Gasteiger partial charge on any atom is 0.119 e. The standard InChI is InChI=1S/C29H29NO2S/c31-22-10-13-25-26(19-22)33-27-18-21-6-2-3-7-24(21)28(29(25)27)20-8-11-23(12-9-20)32-17-16-30-14-4-1-5-15-30/h2-3,6-13,19,28,31H,1,4-5,14-18H2. The fourth-order valence-corrected chi connectivity index (χ4v) is 6.79. The number of hydrogen-bond donors (Lipinski definition) is 1. The van der Waals surface area contributed by atoms with E-state index in [1.807, 2.05) is 23.5 Å². The molecule has 1 N–H and O–H groups in total. The van der Waals surface area contributed by atoms with Gasteiger partial charge in [0.25, 0.3) is 0 Å². The maximum atomic E-state index is 10.0. The highest BCUT2D eigenvalue weighted by atomic mass is 32.1. The molecule has 1 atom stereocenters. The van der Waals surface area contributed by atoms with Gasteiger partial charge in [-0.2, -0.15) is 0 Å². The third-order valence-electron chi connectivity index (χ3n) is 7.13. The molecule has 1 aromatic heterocycles. The Kier molecular flexibility index (Phi) is 5.57. The number of fused-ring (bicyclic) bond motifs is 4. The molecule has 168 valence electrons. The number of phenolic OH excluding ortho intramolecular Hbond substituents is 1. The molecule has 1 fully saturated rings. The van der Waals surface area contributed by atoms with Gasteiger partial charge >= 0.3 is 0 Å². The smallest absolute Gasteiger partial charge is 0.119 e. The Morgan fingerprint density at radius 3 is 2.61 bits per heavy atom. The van der Waals surface area contributed by atoms with Crippen LogP contribution in [0.2, 0.25) is 0 Å². The molecule has 1 unspecified atom stereocenters. The van der Waals surface area contributed by atoms with E-state index in [1.165, 1.54) is 64.9 Å². The Bertz CT molecular complexity index is 1270. The Labute approximate surface area is 199 Å². The van der Waals surface area contributed by atoms with Gasteiger partial charge in [0.1, 0.15) is 18.1 Å². The lowest BCUT2D eigenvalue weighted by Gasteiger charge is -2.27. The van der Waals surface area contributed by atoms with Crippen molar-refractivity contribution in [3.05, 3.63) is 93.9 Å². The fourth-order valence-electron chi connectivity index (χ4n) is 5.49. The molecule has 0 radical (unpaired) electrons. The molecular weight excluding hydrogens is 426 g/mol. The average Bonchev–Trinajstić information content (AvgIpc) is 3.20. The summed E-state index contributed by atoms with van der Waals surface area (Å²) in [4.78, 5) is 3.92. The molecule has 4 heteroatoms. The zero-order valence-electron chi connectivity index (χ0n) is 18.8. The van der Waals surface area contributed by atoms with E-state index < -0.39 is 0 Å². The number of hydrogen-bond acceptors (Lipinski definition) is 4. The van der Waals surface area contributed by atoms with Crippen molar-refractivity contribution < 1.29 is 9.84 Å². The first-order chi connectivity index (χ1) is 16.3. The minimum atomic E-state index is 0.200. The minimum Gasteiger partial charge on any atom is -0.508 e. The van der Waals surface area contributed by atoms with Crippen LogP contribution in [0.4, 0.5) is 0 Å². The second-order valence-corrected chi connectivity index (χ2v) is 10.4. The summed E-state index contributed by atoms with van der Waals surface area (Å²) in [6, 6.07) is 23.3. The van der Waals surface area contributed by atoms with Crippen molar-refractivity contribution in [3.63, 3.8) is 0 Å². The molecule has 0 bridgehead atoms. The monoisotopic (exact) mass is 455 g/mol. The molecule has 1 aliphatic carbocycles. The van der Waals surface area contributed by atoms with E-state index in [4.69, 9.17) is 4.74 Å². The minimum absolute atomic E-state index is 0.200. The van der Waals surface area contributed by atoms with E-state index in [0.29, 0.717) is 5.75 Å². The highest BCUT2D eigenvalue weighted by Crippen LogP contribution is 2.48. The first kappa shape index (κ1) is 20.8. The lowest BCUT2D eigenvalue weighted by atomic mass is 9.77. The number of aromatic hydroxyl groups is 1. The Morgan fingerprint density at radius 1 is 0.939 bits per heavy atom.